The van der Waals surface area contributed by atoms with Crippen molar-refractivity contribution in [3.63, 3.8) is 0 Å². The Kier molecular flexibility index (Phi) is 7.93. The number of anilines is 1. The minimum absolute atomic E-state index is 0.138. The monoisotopic (exact) mass is 547 g/mol. The van der Waals surface area contributed by atoms with E-state index in [0.717, 1.165) is 17.0 Å². The fraction of sp³-hybridized carbons (Fsp3) is 0.0769. The van der Waals surface area contributed by atoms with Gasteiger partial charge < -0.3 is 10.1 Å². The van der Waals surface area contributed by atoms with Crippen molar-refractivity contribution >= 4 is 63.5 Å². The molecule has 0 aliphatic heterocycles. The van der Waals surface area contributed by atoms with Crippen molar-refractivity contribution in [3.8, 4) is 0 Å². The number of ether oxygens (including phenoxy) is 1. The Bertz CT molecular complexity index is 1370. The van der Waals surface area contributed by atoms with Gasteiger partial charge in [0.05, 0.1) is 16.2 Å². The minimum atomic E-state index is -4.70. The summed E-state index contributed by atoms with van der Waals surface area (Å²) >= 11 is 8.45. The number of thiophene rings is 2. The zero-order valence-corrected chi connectivity index (χ0v) is 20.7. The summed E-state index contributed by atoms with van der Waals surface area (Å²) in [6.45, 7) is 0. The van der Waals surface area contributed by atoms with Crippen LogP contribution in [0.25, 0.3) is 11.6 Å². The van der Waals surface area contributed by atoms with Crippen LogP contribution in [0.3, 0.4) is 0 Å². The average molecular weight is 548 g/mol. The van der Waals surface area contributed by atoms with Gasteiger partial charge >= 0.3 is 12.1 Å². The van der Waals surface area contributed by atoms with Crippen LogP contribution in [0, 0.1) is 0 Å². The largest absolute Gasteiger partial charge is 0.444 e. The highest BCUT2D eigenvalue weighted by atomic mass is 35.5. The van der Waals surface area contributed by atoms with Gasteiger partial charge in [0.15, 0.2) is 0 Å². The molecule has 4 nitrogen and oxygen atoms in total. The zero-order chi connectivity index (χ0) is 25.7. The van der Waals surface area contributed by atoms with Crippen LogP contribution in [0.15, 0.2) is 83.6 Å². The molecule has 0 aliphatic rings. The van der Waals surface area contributed by atoms with Gasteiger partial charge in [0.2, 0.25) is 6.10 Å². The molecular formula is C26H17ClF3NO3S2. The third kappa shape index (κ3) is 6.23. The molecule has 0 saturated heterocycles. The van der Waals surface area contributed by atoms with E-state index in [2.05, 4.69) is 5.32 Å². The van der Waals surface area contributed by atoms with Crippen LogP contribution in [-0.2, 0) is 20.5 Å². The standard InChI is InChI=1S/C26H17ClF3NO3S2/c27-21-11-10-17(14-20(21)26(28,29)30)31-24(32)23(16-6-2-1-3-7-16)34-25(33)19(22-9-5-13-36-22)15-18-8-4-12-35-18/h1-15,23H,(H,31,32)/b19-15+/t23-/m0/s1. The summed E-state index contributed by atoms with van der Waals surface area (Å²) < 4.78 is 45.5. The number of amides is 1. The first-order chi connectivity index (χ1) is 17.2. The second kappa shape index (κ2) is 11.1. The molecule has 0 bridgehead atoms. The highest BCUT2D eigenvalue weighted by Crippen LogP contribution is 2.36. The predicted octanol–water partition coefficient (Wildman–Crippen LogP) is 7.95. The molecule has 0 unspecified atom stereocenters. The zero-order valence-electron chi connectivity index (χ0n) is 18.3. The summed E-state index contributed by atoms with van der Waals surface area (Å²) in [6, 6.07) is 18.5. The number of rotatable bonds is 7. The van der Waals surface area contributed by atoms with Gasteiger partial charge in [-0.3, -0.25) is 4.79 Å². The van der Waals surface area contributed by atoms with Crippen molar-refractivity contribution in [1.82, 2.24) is 0 Å². The predicted molar refractivity (Wildman–Crippen MR) is 137 cm³/mol. The molecular weight excluding hydrogens is 531 g/mol. The van der Waals surface area contributed by atoms with Crippen LogP contribution >= 0.6 is 34.3 Å². The fourth-order valence-electron chi connectivity index (χ4n) is 3.28. The van der Waals surface area contributed by atoms with Crippen LogP contribution in [-0.4, -0.2) is 11.9 Å². The first kappa shape index (κ1) is 25.7. The van der Waals surface area contributed by atoms with Crippen LogP contribution in [0.1, 0.15) is 27.0 Å². The van der Waals surface area contributed by atoms with Crippen molar-refractivity contribution in [2.24, 2.45) is 0 Å². The van der Waals surface area contributed by atoms with E-state index in [0.29, 0.717) is 10.4 Å². The molecule has 0 aliphatic carbocycles. The maximum absolute atomic E-state index is 13.3. The summed E-state index contributed by atoms with van der Waals surface area (Å²) in [7, 11) is 0. The number of carbonyl (C=O) groups excluding carboxylic acids is 2. The fourth-order valence-corrected chi connectivity index (χ4v) is 4.89. The lowest BCUT2D eigenvalue weighted by Gasteiger charge is -2.19. The molecule has 1 atom stereocenters. The first-order valence-corrected chi connectivity index (χ1v) is 12.6. The second-order valence-electron chi connectivity index (χ2n) is 7.43. The lowest BCUT2D eigenvalue weighted by Crippen LogP contribution is -2.26. The second-order valence-corrected chi connectivity index (χ2v) is 9.76. The summed E-state index contributed by atoms with van der Waals surface area (Å²) in [6.07, 6.45) is -4.45. The summed E-state index contributed by atoms with van der Waals surface area (Å²) in [5.41, 5.74) is -0.613. The van der Waals surface area contributed by atoms with Crippen molar-refractivity contribution in [2.75, 3.05) is 5.32 Å². The number of hydrogen-bond acceptors (Lipinski definition) is 5. The van der Waals surface area contributed by atoms with Gasteiger partial charge in [0, 0.05) is 21.0 Å². The molecule has 2 aromatic carbocycles. The Labute approximate surface area is 217 Å². The Morgan fingerprint density at radius 3 is 2.31 bits per heavy atom. The van der Waals surface area contributed by atoms with Gasteiger partial charge in [-0.1, -0.05) is 54.1 Å². The molecule has 10 heteroatoms. The molecule has 4 rings (SSSR count). The van der Waals surface area contributed by atoms with E-state index >= 15 is 0 Å². The van der Waals surface area contributed by atoms with Gasteiger partial charge in [-0.25, -0.2) is 4.79 Å². The molecule has 184 valence electrons. The lowest BCUT2D eigenvalue weighted by molar-refractivity contribution is -0.148. The van der Waals surface area contributed by atoms with Crippen molar-refractivity contribution in [1.29, 1.82) is 0 Å². The van der Waals surface area contributed by atoms with Crippen LogP contribution in [0.5, 0.6) is 0 Å². The molecule has 36 heavy (non-hydrogen) atoms. The van der Waals surface area contributed by atoms with E-state index in [1.54, 1.807) is 48.5 Å². The summed E-state index contributed by atoms with van der Waals surface area (Å²) in [4.78, 5) is 28.0. The Balaban J connectivity index is 1.64. The summed E-state index contributed by atoms with van der Waals surface area (Å²) in [5, 5.41) is 5.60. The SMILES string of the molecule is O=C(O[C@H](C(=O)Nc1ccc(Cl)c(C(F)(F)F)c1)c1ccccc1)/C(=C/c1cccs1)c1cccs1. The normalized spacial score (nSPS) is 12.7. The molecule has 1 amide bonds. The smallest absolute Gasteiger partial charge is 0.417 e. The third-order valence-corrected chi connectivity index (χ3v) is 6.99. The number of esters is 1. The minimum Gasteiger partial charge on any atom is -0.444 e. The van der Waals surface area contributed by atoms with E-state index in [4.69, 9.17) is 16.3 Å². The van der Waals surface area contributed by atoms with Crippen LogP contribution < -0.4 is 5.32 Å². The number of alkyl halides is 3. The molecule has 1 N–H and O–H groups in total. The Morgan fingerprint density at radius 2 is 1.67 bits per heavy atom. The number of benzene rings is 2. The van der Waals surface area contributed by atoms with Gasteiger partial charge in [0.25, 0.3) is 5.91 Å². The van der Waals surface area contributed by atoms with Gasteiger partial charge in [-0.2, -0.15) is 13.2 Å². The molecule has 0 fully saturated rings. The lowest BCUT2D eigenvalue weighted by atomic mass is 10.1. The first-order valence-electron chi connectivity index (χ1n) is 10.4. The maximum atomic E-state index is 13.3. The number of carbonyl (C=O) groups is 2. The molecule has 2 heterocycles. The molecule has 0 spiro atoms. The topological polar surface area (TPSA) is 55.4 Å². The van der Waals surface area contributed by atoms with Gasteiger partial charge in [0.1, 0.15) is 0 Å². The van der Waals surface area contributed by atoms with Crippen LogP contribution in [0.2, 0.25) is 5.02 Å². The van der Waals surface area contributed by atoms with Crippen molar-refractivity contribution in [3.05, 3.63) is 109 Å². The third-order valence-electron chi connectivity index (χ3n) is 4.94. The molecule has 0 saturated carbocycles. The Hall–Kier alpha value is -3.40. The van der Waals surface area contributed by atoms with E-state index in [1.807, 2.05) is 22.9 Å². The molecule has 2 aromatic heterocycles. The summed E-state index contributed by atoms with van der Waals surface area (Å²) in [5.74, 6) is -1.56. The highest BCUT2D eigenvalue weighted by molar-refractivity contribution is 7.12. The quantitative estimate of drug-likeness (QED) is 0.189. The number of nitrogens with one attached hydrogen (secondary N) is 1. The number of halogens is 4. The van der Waals surface area contributed by atoms with Crippen molar-refractivity contribution < 1.29 is 27.5 Å². The highest BCUT2D eigenvalue weighted by Gasteiger charge is 2.34. The van der Waals surface area contributed by atoms with E-state index in [9.17, 15) is 22.8 Å². The van der Waals surface area contributed by atoms with E-state index in [1.165, 1.54) is 28.7 Å². The van der Waals surface area contributed by atoms with Crippen LogP contribution in [0.4, 0.5) is 18.9 Å². The molecule has 0 radical (unpaired) electrons. The molecule has 4 aromatic rings. The van der Waals surface area contributed by atoms with E-state index < -0.39 is 34.7 Å². The van der Waals surface area contributed by atoms with E-state index in [-0.39, 0.29) is 11.3 Å². The number of hydrogen-bond donors (Lipinski definition) is 1. The maximum Gasteiger partial charge on any atom is 0.417 e. The Morgan fingerprint density at radius 1 is 0.944 bits per heavy atom. The average Bonchev–Trinajstić information content (AvgIpc) is 3.56. The van der Waals surface area contributed by atoms with Gasteiger partial charge in [-0.15, -0.1) is 22.7 Å². The van der Waals surface area contributed by atoms with Gasteiger partial charge in [-0.05, 0) is 47.2 Å². The van der Waals surface area contributed by atoms with Crippen molar-refractivity contribution in [2.45, 2.75) is 12.3 Å².